The first-order valence-electron chi connectivity index (χ1n) is 10.8. The Balaban J connectivity index is 2.01. The molecule has 1 aliphatic carbocycles. The average molecular weight is 421 g/mol. The summed E-state index contributed by atoms with van der Waals surface area (Å²) >= 11 is 0. The number of amides is 2. The van der Waals surface area contributed by atoms with E-state index in [2.05, 4.69) is 25.4 Å². The van der Waals surface area contributed by atoms with Crippen LogP contribution in [0.3, 0.4) is 0 Å². The predicted octanol–water partition coefficient (Wildman–Crippen LogP) is 2.20. The number of nitrogens with zero attached hydrogens (tertiary/aromatic N) is 1. The monoisotopic (exact) mass is 420 g/mol. The van der Waals surface area contributed by atoms with E-state index in [-0.39, 0.29) is 30.7 Å². The minimum absolute atomic E-state index is 0.128. The van der Waals surface area contributed by atoms with Gasteiger partial charge in [0, 0.05) is 24.8 Å². The average Bonchev–Trinajstić information content (AvgIpc) is 3.31. The van der Waals surface area contributed by atoms with Gasteiger partial charge in [-0.15, -0.1) is 13.2 Å². The van der Waals surface area contributed by atoms with Crippen LogP contribution in [0.4, 0.5) is 0 Å². The number of likely N-dealkylation sites (tertiary alicyclic amines) is 1. The van der Waals surface area contributed by atoms with Crippen LogP contribution < -0.4 is 5.32 Å². The number of methoxy groups -OCH3 is 1. The van der Waals surface area contributed by atoms with Crippen LogP contribution in [-0.2, 0) is 19.1 Å². The maximum atomic E-state index is 13.0. The molecule has 0 aromatic rings. The molecule has 1 saturated carbocycles. The first-order chi connectivity index (χ1) is 14.2. The summed E-state index contributed by atoms with van der Waals surface area (Å²) in [6.45, 7) is 11.6. The van der Waals surface area contributed by atoms with E-state index in [0.29, 0.717) is 12.3 Å². The molecule has 0 bridgehead atoms. The highest BCUT2D eigenvalue weighted by molar-refractivity contribution is 5.95. The molecule has 1 unspecified atom stereocenters. The van der Waals surface area contributed by atoms with Crippen molar-refractivity contribution in [2.45, 2.75) is 70.1 Å². The van der Waals surface area contributed by atoms with Crippen LogP contribution in [0.25, 0.3) is 0 Å². The number of hydrogen-bond acceptors (Lipinski definition) is 5. The van der Waals surface area contributed by atoms with Crippen molar-refractivity contribution in [1.82, 2.24) is 10.2 Å². The lowest BCUT2D eigenvalue weighted by Gasteiger charge is -2.28. The molecule has 0 aromatic carbocycles. The van der Waals surface area contributed by atoms with Crippen LogP contribution in [0.2, 0.25) is 0 Å². The third kappa shape index (κ3) is 5.31. The molecule has 1 heterocycles. The van der Waals surface area contributed by atoms with Crippen LogP contribution in [0.1, 0.15) is 52.4 Å². The van der Waals surface area contributed by atoms with Crippen LogP contribution in [-0.4, -0.2) is 59.1 Å². The Kier molecular flexibility index (Phi) is 8.24. The zero-order valence-electron chi connectivity index (χ0n) is 18.4. The van der Waals surface area contributed by atoms with Gasteiger partial charge in [0.25, 0.3) is 0 Å². The number of esters is 1. The van der Waals surface area contributed by atoms with Crippen molar-refractivity contribution < 1.29 is 24.2 Å². The van der Waals surface area contributed by atoms with Gasteiger partial charge in [0.15, 0.2) is 0 Å². The summed E-state index contributed by atoms with van der Waals surface area (Å²) in [6.07, 6.45) is 7.00. The number of aliphatic hydroxyl groups is 1. The Hall–Kier alpha value is -2.15. The van der Waals surface area contributed by atoms with Crippen LogP contribution in [0.15, 0.2) is 25.3 Å². The molecule has 2 amide bonds. The summed E-state index contributed by atoms with van der Waals surface area (Å²) in [7, 11) is 1.28. The van der Waals surface area contributed by atoms with Gasteiger partial charge in [-0.05, 0) is 38.0 Å². The van der Waals surface area contributed by atoms with Gasteiger partial charge in [0.1, 0.15) is 11.6 Å². The summed E-state index contributed by atoms with van der Waals surface area (Å²) in [4.78, 5) is 39.7. The van der Waals surface area contributed by atoms with Crippen molar-refractivity contribution in [2.75, 3.05) is 13.7 Å². The molecule has 30 heavy (non-hydrogen) atoms. The number of rotatable bonds is 11. The second kappa shape index (κ2) is 10.2. The molecule has 2 N–H and O–H groups in total. The maximum absolute atomic E-state index is 13.0. The summed E-state index contributed by atoms with van der Waals surface area (Å²) < 4.78 is 4.85. The molecule has 0 aromatic heterocycles. The quantitative estimate of drug-likeness (QED) is 0.395. The summed E-state index contributed by atoms with van der Waals surface area (Å²) in [6, 6.07) is -0.791. The highest BCUT2D eigenvalue weighted by Gasteiger charge is 2.61. The smallest absolute Gasteiger partial charge is 0.332 e. The molecule has 6 atom stereocenters. The topological polar surface area (TPSA) is 95.9 Å². The van der Waals surface area contributed by atoms with E-state index in [4.69, 9.17) is 4.74 Å². The van der Waals surface area contributed by atoms with Gasteiger partial charge in [-0.25, -0.2) is 4.79 Å². The summed E-state index contributed by atoms with van der Waals surface area (Å²) in [5.74, 6) is -1.02. The first kappa shape index (κ1) is 24.1. The lowest BCUT2D eigenvalue weighted by molar-refractivity contribution is -0.148. The number of nitrogens with one attached hydrogen (secondary N) is 1. The normalized spacial score (nSPS) is 29.6. The Morgan fingerprint density at radius 3 is 2.53 bits per heavy atom. The van der Waals surface area contributed by atoms with E-state index in [1.807, 2.05) is 13.0 Å². The molecule has 7 heteroatoms. The van der Waals surface area contributed by atoms with Gasteiger partial charge in [-0.1, -0.05) is 26.0 Å². The number of carbonyl (C=O) groups is 3. The zero-order chi connectivity index (χ0) is 22.5. The van der Waals surface area contributed by atoms with Gasteiger partial charge >= 0.3 is 5.97 Å². The van der Waals surface area contributed by atoms with Crippen molar-refractivity contribution >= 4 is 17.8 Å². The number of hydrogen-bond donors (Lipinski definition) is 2. The minimum atomic E-state index is -1.11. The van der Waals surface area contributed by atoms with Crippen LogP contribution in [0, 0.1) is 17.8 Å². The number of β-amino-alcohol motifs (C(OH)–C–C–N with tert-alkyl or cyclic N) is 1. The van der Waals surface area contributed by atoms with E-state index in [0.717, 1.165) is 25.7 Å². The third-order valence-corrected chi connectivity index (χ3v) is 6.44. The molecule has 168 valence electrons. The second-order valence-electron chi connectivity index (χ2n) is 8.84. The molecule has 2 fully saturated rings. The van der Waals surface area contributed by atoms with Gasteiger partial charge in [0.05, 0.1) is 13.2 Å². The Bertz CT molecular complexity index is 679. The molecule has 2 aliphatic rings. The summed E-state index contributed by atoms with van der Waals surface area (Å²) in [5, 5.41) is 12.9. The highest BCUT2D eigenvalue weighted by atomic mass is 16.5. The van der Waals surface area contributed by atoms with Crippen molar-refractivity contribution in [1.29, 1.82) is 0 Å². The molecular formula is C23H36N2O5. The highest BCUT2D eigenvalue weighted by Crippen LogP contribution is 2.45. The molecule has 7 nitrogen and oxygen atoms in total. The van der Waals surface area contributed by atoms with Crippen molar-refractivity contribution in [3.8, 4) is 0 Å². The fourth-order valence-electron chi connectivity index (χ4n) is 4.28. The fraction of sp³-hybridized carbons (Fsp3) is 0.696. The number of carbonyl (C=O) groups excluding carboxylic acids is 3. The molecule has 1 saturated heterocycles. The van der Waals surface area contributed by atoms with Gasteiger partial charge < -0.3 is 20.1 Å². The molecule has 0 radical (unpaired) electrons. The van der Waals surface area contributed by atoms with Gasteiger partial charge in [-0.2, -0.15) is 0 Å². The second-order valence-corrected chi connectivity index (χ2v) is 8.84. The SMILES string of the molecule is C=CCC[C@H](C)CC[C@H](C)C(=O)N1C[C@@H](O)C[C@H]1C(=O)N[C@]1(C(=O)OC)CC1C=C. The zero-order valence-corrected chi connectivity index (χ0v) is 18.4. The molecule has 1 aliphatic heterocycles. The van der Waals surface area contributed by atoms with Crippen LogP contribution in [0.5, 0.6) is 0 Å². The lowest BCUT2D eigenvalue weighted by Crippen LogP contribution is -2.53. The van der Waals surface area contributed by atoms with E-state index < -0.39 is 29.6 Å². The first-order valence-corrected chi connectivity index (χ1v) is 10.8. The minimum Gasteiger partial charge on any atom is -0.467 e. The molecule has 2 rings (SSSR count). The van der Waals surface area contributed by atoms with Crippen LogP contribution >= 0.6 is 0 Å². The molecular weight excluding hydrogens is 384 g/mol. The maximum Gasteiger partial charge on any atom is 0.332 e. The van der Waals surface area contributed by atoms with Crippen molar-refractivity contribution in [2.24, 2.45) is 17.8 Å². The largest absolute Gasteiger partial charge is 0.467 e. The number of ether oxygens (including phenoxy) is 1. The van der Waals surface area contributed by atoms with E-state index in [9.17, 15) is 19.5 Å². The number of aliphatic hydroxyl groups excluding tert-OH is 1. The van der Waals surface area contributed by atoms with E-state index in [1.165, 1.54) is 12.0 Å². The Morgan fingerprint density at radius 2 is 1.97 bits per heavy atom. The van der Waals surface area contributed by atoms with Gasteiger partial charge in [-0.3, -0.25) is 9.59 Å². The van der Waals surface area contributed by atoms with Crippen molar-refractivity contribution in [3.63, 3.8) is 0 Å². The number of allylic oxidation sites excluding steroid dienone is 1. The summed E-state index contributed by atoms with van der Waals surface area (Å²) in [5.41, 5.74) is -1.11. The lowest BCUT2D eigenvalue weighted by atomic mass is 9.94. The van der Waals surface area contributed by atoms with E-state index >= 15 is 0 Å². The van der Waals surface area contributed by atoms with E-state index in [1.54, 1.807) is 6.08 Å². The van der Waals surface area contributed by atoms with Gasteiger partial charge in [0.2, 0.25) is 11.8 Å². The predicted molar refractivity (Wildman–Crippen MR) is 114 cm³/mol. The molecule has 0 spiro atoms. The third-order valence-electron chi connectivity index (χ3n) is 6.44. The van der Waals surface area contributed by atoms with Crippen molar-refractivity contribution in [3.05, 3.63) is 25.3 Å². The Labute approximate surface area is 179 Å². The standard InChI is InChI=1S/C23H36N2O5/c1-6-8-9-15(3)10-11-16(4)21(28)25-14-18(26)12-19(25)20(27)24-23(22(29)30-5)13-17(23)7-2/h6-7,15-19,26H,1-2,8-14H2,3-5H3,(H,24,27)/t15-,16-,17?,18-,19-,23+/m0/s1. The fourth-order valence-corrected chi connectivity index (χ4v) is 4.28. The Morgan fingerprint density at radius 1 is 1.27 bits per heavy atom.